The molecule has 3 rings (SSSR count). The van der Waals surface area contributed by atoms with Gasteiger partial charge in [0.25, 0.3) is 0 Å². The van der Waals surface area contributed by atoms with Crippen molar-refractivity contribution in [3.05, 3.63) is 59.5 Å². The van der Waals surface area contributed by atoms with Gasteiger partial charge in [0.2, 0.25) is 0 Å². The number of pyridine rings is 1. The highest BCUT2D eigenvalue weighted by molar-refractivity contribution is 5.82. The minimum absolute atomic E-state index is 0.0561. The van der Waals surface area contributed by atoms with Crippen LogP contribution in [0.5, 0.6) is 0 Å². The Kier molecular flexibility index (Phi) is 5.91. The van der Waals surface area contributed by atoms with Crippen LogP contribution in [0.3, 0.4) is 0 Å². The topological polar surface area (TPSA) is 45.2 Å². The van der Waals surface area contributed by atoms with Crippen molar-refractivity contribution in [2.24, 2.45) is 0 Å². The smallest absolute Gasteiger partial charge is 0.354 e. The molecule has 1 aliphatic rings. The molecular weight excluding hydrogens is 419 g/mol. The SMILES string of the molecule is O=C(NC1CN(c2ncccc2C(F)(F)F)CCC1c1ccc(F)cc1)C(F)(F)F. The van der Waals surface area contributed by atoms with Crippen LogP contribution >= 0.6 is 0 Å². The van der Waals surface area contributed by atoms with E-state index in [-0.39, 0.29) is 19.5 Å². The van der Waals surface area contributed by atoms with Crippen LogP contribution in [0.15, 0.2) is 42.6 Å². The number of benzene rings is 1. The average molecular weight is 435 g/mol. The van der Waals surface area contributed by atoms with Gasteiger partial charge in [0.1, 0.15) is 11.6 Å². The minimum Gasteiger partial charge on any atom is -0.354 e. The first-order valence-electron chi connectivity index (χ1n) is 8.87. The van der Waals surface area contributed by atoms with Crippen molar-refractivity contribution in [1.29, 1.82) is 0 Å². The van der Waals surface area contributed by atoms with Crippen molar-refractivity contribution in [2.45, 2.75) is 30.7 Å². The normalized spacial score (nSPS) is 20.2. The van der Waals surface area contributed by atoms with E-state index in [2.05, 4.69) is 4.98 Å². The molecule has 0 spiro atoms. The molecule has 0 bridgehead atoms. The Balaban J connectivity index is 1.92. The van der Waals surface area contributed by atoms with Gasteiger partial charge in [-0.25, -0.2) is 9.37 Å². The number of aromatic nitrogens is 1. The molecule has 11 heteroatoms. The molecule has 1 amide bonds. The van der Waals surface area contributed by atoms with Crippen LogP contribution in [0.1, 0.15) is 23.5 Å². The van der Waals surface area contributed by atoms with E-state index in [1.165, 1.54) is 17.0 Å². The summed E-state index contributed by atoms with van der Waals surface area (Å²) in [6, 6.07) is 5.80. The van der Waals surface area contributed by atoms with E-state index in [4.69, 9.17) is 0 Å². The Hall–Kier alpha value is -2.85. The molecule has 1 aromatic carbocycles. The fraction of sp³-hybridized carbons (Fsp3) is 0.368. The monoisotopic (exact) mass is 435 g/mol. The molecule has 0 aliphatic carbocycles. The van der Waals surface area contributed by atoms with E-state index in [0.717, 1.165) is 30.5 Å². The third kappa shape index (κ3) is 4.82. The van der Waals surface area contributed by atoms with E-state index in [9.17, 15) is 35.5 Å². The number of hydrogen-bond acceptors (Lipinski definition) is 3. The van der Waals surface area contributed by atoms with Crippen LogP contribution < -0.4 is 10.2 Å². The zero-order chi connectivity index (χ0) is 22.1. The van der Waals surface area contributed by atoms with E-state index in [1.54, 1.807) is 0 Å². The Bertz CT molecular complexity index is 896. The number of anilines is 1. The lowest BCUT2D eigenvalue weighted by Crippen LogP contribution is -2.54. The summed E-state index contributed by atoms with van der Waals surface area (Å²) in [6.45, 7) is -0.273. The lowest BCUT2D eigenvalue weighted by Gasteiger charge is -2.40. The molecule has 1 aromatic heterocycles. The lowest BCUT2D eigenvalue weighted by atomic mass is 9.85. The molecule has 2 heterocycles. The number of nitrogens with one attached hydrogen (secondary N) is 1. The van der Waals surface area contributed by atoms with Crippen LogP contribution in [0.25, 0.3) is 0 Å². The van der Waals surface area contributed by atoms with Gasteiger partial charge in [-0.1, -0.05) is 12.1 Å². The molecular formula is C19H16F7N3O. The second-order valence-corrected chi connectivity index (χ2v) is 6.84. The summed E-state index contributed by atoms with van der Waals surface area (Å²) in [5.41, 5.74) is -0.549. The Morgan fingerprint density at radius 3 is 2.33 bits per heavy atom. The number of hydrogen-bond donors (Lipinski definition) is 1. The lowest BCUT2D eigenvalue weighted by molar-refractivity contribution is -0.174. The predicted octanol–water partition coefficient (Wildman–Crippen LogP) is 4.28. The zero-order valence-corrected chi connectivity index (χ0v) is 15.3. The van der Waals surface area contributed by atoms with E-state index in [0.29, 0.717) is 5.56 Å². The molecule has 2 unspecified atom stereocenters. The van der Waals surface area contributed by atoms with Gasteiger partial charge in [-0.3, -0.25) is 4.79 Å². The molecule has 1 N–H and O–H groups in total. The number of alkyl halides is 6. The van der Waals surface area contributed by atoms with Crippen molar-refractivity contribution in [3.8, 4) is 0 Å². The molecule has 4 nitrogen and oxygen atoms in total. The fourth-order valence-electron chi connectivity index (χ4n) is 3.52. The number of nitrogens with zero attached hydrogens (tertiary/aromatic N) is 2. The number of rotatable bonds is 3. The molecule has 1 aliphatic heterocycles. The van der Waals surface area contributed by atoms with Crippen molar-refractivity contribution >= 4 is 11.7 Å². The number of piperidine rings is 1. The average Bonchev–Trinajstić information content (AvgIpc) is 2.67. The first-order valence-corrected chi connectivity index (χ1v) is 8.87. The van der Waals surface area contributed by atoms with Crippen LogP contribution in [0.2, 0.25) is 0 Å². The quantitative estimate of drug-likeness (QED) is 0.733. The molecule has 0 radical (unpaired) electrons. The summed E-state index contributed by atoms with van der Waals surface area (Å²) < 4.78 is 91.6. The Morgan fingerprint density at radius 1 is 1.07 bits per heavy atom. The first kappa shape index (κ1) is 21.8. The van der Waals surface area contributed by atoms with Gasteiger partial charge >= 0.3 is 18.3 Å². The summed E-state index contributed by atoms with van der Waals surface area (Å²) in [5, 5.41) is 1.87. The summed E-state index contributed by atoms with van der Waals surface area (Å²) in [5.74, 6) is -3.81. The van der Waals surface area contributed by atoms with Crippen molar-refractivity contribution in [3.63, 3.8) is 0 Å². The maximum absolute atomic E-state index is 13.3. The predicted molar refractivity (Wildman–Crippen MR) is 93.2 cm³/mol. The second-order valence-electron chi connectivity index (χ2n) is 6.84. The van der Waals surface area contributed by atoms with E-state index >= 15 is 0 Å². The molecule has 1 saturated heterocycles. The van der Waals surface area contributed by atoms with Crippen molar-refractivity contribution < 1.29 is 35.5 Å². The van der Waals surface area contributed by atoms with Crippen molar-refractivity contribution in [1.82, 2.24) is 10.3 Å². The summed E-state index contributed by atoms with van der Waals surface area (Å²) >= 11 is 0. The van der Waals surface area contributed by atoms with Gasteiger partial charge in [0, 0.05) is 25.2 Å². The Labute approximate surface area is 166 Å². The number of amides is 1. The van der Waals surface area contributed by atoms with Crippen LogP contribution in [-0.4, -0.2) is 36.2 Å². The number of carbonyl (C=O) groups is 1. The van der Waals surface area contributed by atoms with Gasteiger partial charge < -0.3 is 10.2 Å². The zero-order valence-electron chi connectivity index (χ0n) is 15.3. The molecule has 2 aromatic rings. The third-order valence-electron chi connectivity index (χ3n) is 4.88. The second kappa shape index (κ2) is 8.11. The maximum Gasteiger partial charge on any atom is 0.471 e. The Morgan fingerprint density at radius 2 is 1.73 bits per heavy atom. The van der Waals surface area contributed by atoms with Gasteiger partial charge in [-0.2, -0.15) is 26.3 Å². The van der Waals surface area contributed by atoms with Gasteiger partial charge in [0.05, 0.1) is 11.6 Å². The van der Waals surface area contributed by atoms with Gasteiger partial charge in [-0.05, 0) is 36.2 Å². The summed E-state index contributed by atoms with van der Waals surface area (Å²) in [6.07, 6.45) is -8.58. The molecule has 162 valence electrons. The number of halogens is 7. The fourth-order valence-corrected chi connectivity index (χ4v) is 3.52. The van der Waals surface area contributed by atoms with Crippen LogP contribution in [0, 0.1) is 5.82 Å². The van der Waals surface area contributed by atoms with Gasteiger partial charge in [-0.15, -0.1) is 0 Å². The van der Waals surface area contributed by atoms with E-state index in [1.807, 2.05) is 5.32 Å². The molecule has 1 fully saturated rings. The van der Waals surface area contributed by atoms with Crippen LogP contribution in [-0.2, 0) is 11.0 Å². The molecule has 30 heavy (non-hydrogen) atoms. The van der Waals surface area contributed by atoms with Crippen molar-refractivity contribution in [2.75, 3.05) is 18.0 Å². The summed E-state index contributed by atoms with van der Waals surface area (Å²) in [4.78, 5) is 16.5. The highest BCUT2D eigenvalue weighted by Gasteiger charge is 2.43. The van der Waals surface area contributed by atoms with E-state index < -0.39 is 47.4 Å². The molecule has 0 saturated carbocycles. The standard InChI is InChI=1S/C19H16F7N3O/c20-12-5-3-11(4-6-12)13-7-9-29(10-15(13)28-17(30)19(24,25)26)16-14(18(21,22)23)2-1-8-27-16/h1-6,8,13,15H,7,9-10H2,(H,28,30). The molecule has 2 atom stereocenters. The van der Waals surface area contributed by atoms with Crippen LogP contribution in [0.4, 0.5) is 36.6 Å². The summed E-state index contributed by atoms with van der Waals surface area (Å²) in [7, 11) is 0. The largest absolute Gasteiger partial charge is 0.471 e. The van der Waals surface area contributed by atoms with Gasteiger partial charge in [0.15, 0.2) is 0 Å². The highest BCUT2D eigenvalue weighted by atomic mass is 19.4. The first-order chi connectivity index (χ1) is 14.0. The number of carbonyl (C=O) groups excluding carboxylic acids is 1. The third-order valence-corrected chi connectivity index (χ3v) is 4.88. The highest BCUT2D eigenvalue weighted by Crippen LogP contribution is 2.38. The minimum atomic E-state index is -5.16. The maximum atomic E-state index is 13.3.